The third kappa shape index (κ3) is 3.84. The molecular weight excluding hydrogens is 437 g/mol. The van der Waals surface area contributed by atoms with E-state index in [0.717, 1.165) is 40.3 Å². The van der Waals surface area contributed by atoms with Crippen molar-refractivity contribution >= 4 is 17.5 Å². The van der Waals surface area contributed by atoms with E-state index in [1.807, 2.05) is 24.0 Å². The molecule has 0 bridgehead atoms. The molecule has 0 saturated carbocycles. The molecule has 1 saturated heterocycles. The smallest absolute Gasteiger partial charge is 0.416 e. The number of carbonyl (C=O) groups is 2. The summed E-state index contributed by atoms with van der Waals surface area (Å²) in [5.74, 6) is 0.388. The first-order valence-electron chi connectivity index (χ1n) is 11.0. The van der Waals surface area contributed by atoms with Gasteiger partial charge < -0.3 is 9.47 Å². The van der Waals surface area contributed by atoms with Crippen LogP contribution < -0.4 is 14.4 Å². The first kappa shape index (κ1) is 21.8. The zero-order valence-corrected chi connectivity index (χ0v) is 18.0. The van der Waals surface area contributed by atoms with Crippen molar-refractivity contribution in [2.24, 2.45) is 0 Å². The maximum absolute atomic E-state index is 13.2. The summed E-state index contributed by atoms with van der Waals surface area (Å²) in [6.07, 6.45) is -3.17. The number of benzene rings is 2. The topological polar surface area (TPSA) is 59.1 Å². The predicted octanol–water partition coefficient (Wildman–Crippen LogP) is 4.12. The van der Waals surface area contributed by atoms with Crippen LogP contribution in [0.1, 0.15) is 42.5 Å². The van der Waals surface area contributed by atoms with Crippen molar-refractivity contribution in [2.45, 2.75) is 44.4 Å². The lowest BCUT2D eigenvalue weighted by atomic mass is 9.91. The molecule has 9 heteroatoms. The van der Waals surface area contributed by atoms with Gasteiger partial charge in [-0.15, -0.1) is 0 Å². The molecule has 174 valence electrons. The second kappa shape index (κ2) is 8.06. The SMILES string of the molecule is CC1c2cc3c(cc2CCN1C1CC(=O)N(c2cccc(C(F)(F)F)c2)C1=O)OCCCO3. The largest absolute Gasteiger partial charge is 0.490 e. The van der Waals surface area contributed by atoms with E-state index in [2.05, 4.69) is 0 Å². The Morgan fingerprint density at radius 1 is 1.03 bits per heavy atom. The summed E-state index contributed by atoms with van der Waals surface area (Å²) in [5, 5.41) is 0. The first-order chi connectivity index (χ1) is 15.7. The van der Waals surface area contributed by atoms with Crippen LogP contribution in [0.15, 0.2) is 36.4 Å². The lowest BCUT2D eigenvalue weighted by Crippen LogP contribution is -2.46. The molecule has 1 fully saturated rings. The highest BCUT2D eigenvalue weighted by Crippen LogP contribution is 2.41. The number of rotatable bonds is 2. The minimum atomic E-state index is -4.56. The number of fused-ring (bicyclic) bond motifs is 2. The number of alkyl halides is 3. The standard InChI is InChI=1S/C24H23F3N2O4/c1-14-18-12-21-20(32-8-3-9-33-21)10-15(18)6-7-28(14)19-13-22(30)29(23(19)31)17-5-2-4-16(11-17)24(25,26)27/h2,4-5,10-12,14,19H,3,6-9,13H2,1H3. The molecule has 2 aromatic rings. The van der Waals surface area contributed by atoms with Crippen molar-refractivity contribution in [3.05, 3.63) is 53.1 Å². The highest BCUT2D eigenvalue weighted by molar-refractivity contribution is 6.22. The van der Waals surface area contributed by atoms with E-state index >= 15 is 0 Å². The number of imide groups is 1. The fraction of sp³-hybridized carbons (Fsp3) is 0.417. The Kier molecular flexibility index (Phi) is 5.31. The summed E-state index contributed by atoms with van der Waals surface area (Å²) >= 11 is 0. The van der Waals surface area contributed by atoms with Crippen molar-refractivity contribution in [1.82, 2.24) is 4.90 Å². The monoisotopic (exact) mass is 460 g/mol. The van der Waals surface area contributed by atoms with E-state index in [-0.39, 0.29) is 18.2 Å². The summed E-state index contributed by atoms with van der Waals surface area (Å²) in [6, 6.07) is 7.36. The molecular formula is C24H23F3N2O4. The zero-order chi connectivity index (χ0) is 23.3. The fourth-order valence-corrected chi connectivity index (χ4v) is 4.89. The molecule has 2 unspecified atom stereocenters. The molecule has 0 aliphatic carbocycles. The van der Waals surface area contributed by atoms with Crippen molar-refractivity contribution in [3.63, 3.8) is 0 Å². The molecule has 3 aliphatic rings. The third-order valence-corrected chi connectivity index (χ3v) is 6.55. The minimum absolute atomic E-state index is 0.0525. The predicted molar refractivity (Wildman–Crippen MR) is 113 cm³/mol. The molecule has 3 heterocycles. The fourth-order valence-electron chi connectivity index (χ4n) is 4.89. The average molecular weight is 460 g/mol. The number of ether oxygens (including phenoxy) is 2. The third-order valence-electron chi connectivity index (χ3n) is 6.55. The Bertz CT molecular complexity index is 1120. The molecule has 6 nitrogen and oxygen atoms in total. The number of halogens is 3. The lowest BCUT2D eigenvalue weighted by molar-refractivity contribution is -0.137. The second-order valence-electron chi connectivity index (χ2n) is 8.55. The van der Waals surface area contributed by atoms with Gasteiger partial charge in [0.1, 0.15) is 0 Å². The quantitative estimate of drug-likeness (QED) is 0.632. The highest BCUT2D eigenvalue weighted by Gasteiger charge is 2.45. The summed E-state index contributed by atoms with van der Waals surface area (Å²) in [6.45, 7) is 3.67. The number of carbonyl (C=O) groups excluding carboxylic acids is 2. The molecule has 0 radical (unpaired) electrons. The van der Waals surface area contributed by atoms with Gasteiger partial charge in [-0.25, -0.2) is 4.90 Å². The second-order valence-corrected chi connectivity index (χ2v) is 8.55. The van der Waals surface area contributed by atoms with Crippen molar-refractivity contribution in [2.75, 3.05) is 24.7 Å². The highest BCUT2D eigenvalue weighted by atomic mass is 19.4. The molecule has 33 heavy (non-hydrogen) atoms. The summed E-state index contributed by atoms with van der Waals surface area (Å²) in [4.78, 5) is 28.8. The van der Waals surface area contributed by atoms with E-state index in [0.29, 0.717) is 31.9 Å². The van der Waals surface area contributed by atoms with Crippen LogP contribution in [-0.4, -0.2) is 42.5 Å². The van der Waals surface area contributed by atoms with Gasteiger partial charge in [0.05, 0.1) is 36.9 Å². The number of hydrogen-bond acceptors (Lipinski definition) is 5. The van der Waals surface area contributed by atoms with Crippen LogP contribution in [0, 0.1) is 0 Å². The van der Waals surface area contributed by atoms with E-state index in [9.17, 15) is 22.8 Å². The summed E-state index contributed by atoms with van der Waals surface area (Å²) < 4.78 is 51.0. The van der Waals surface area contributed by atoms with E-state index in [4.69, 9.17) is 9.47 Å². The van der Waals surface area contributed by atoms with Crippen LogP contribution in [0.2, 0.25) is 0 Å². The van der Waals surface area contributed by atoms with Crippen LogP contribution in [0.5, 0.6) is 11.5 Å². The Balaban J connectivity index is 1.42. The Labute approximate surface area is 188 Å². The molecule has 0 N–H and O–H groups in total. The number of hydrogen-bond donors (Lipinski definition) is 0. The van der Waals surface area contributed by atoms with Gasteiger partial charge in [-0.3, -0.25) is 14.5 Å². The maximum Gasteiger partial charge on any atom is 0.416 e. The van der Waals surface area contributed by atoms with Gasteiger partial charge in [0.2, 0.25) is 5.91 Å². The van der Waals surface area contributed by atoms with Gasteiger partial charge in [-0.1, -0.05) is 6.07 Å². The number of nitrogens with zero attached hydrogens (tertiary/aromatic N) is 2. The van der Waals surface area contributed by atoms with Crippen LogP contribution in [0.25, 0.3) is 0 Å². The van der Waals surface area contributed by atoms with Gasteiger partial charge in [-0.05, 0) is 54.8 Å². The first-order valence-corrected chi connectivity index (χ1v) is 11.0. The Morgan fingerprint density at radius 2 is 1.76 bits per heavy atom. The van der Waals surface area contributed by atoms with Gasteiger partial charge in [0.15, 0.2) is 11.5 Å². The molecule has 3 aliphatic heterocycles. The minimum Gasteiger partial charge on any atom is -0.490 e. The average Bonchev–Trinajstić information content (AvgIpc) is 2.93. The summed E-state index contributed by atoms with van der Waals surface area (Å²) in [7, 11) is 0. The van der Waals surface area contributed by atoms with Crippen LogP contribution in [0.3, 0.4) is 0 Å². The Hall–Kier alpha value is -3.07. The van der Waals surface area contributed by atoms with Gasteiger partial charge in [0, 0.05) is 19.0 Å². The van der Waals surface area contributed by atoms with Crippen LogP contribution in [0.4, 0.5) is 18.9 Å². The lowest BCUT2D eigenvalue weighted by Gasteiger charge is -2.38. The molecule has 2 amide bonds. The zero-order valence-electron chi connectivity index (χ0n) is 18.0. The normalized spacial score (nSPS) is 23.5. The van der Waals surface area contributed by atoms with Crippen LogP contribution in [-0.2, 0) is 22.2 Å². The van der Waals surface area contributed by atoms with Gasteiger partial charge in [0.25, 0.3) is 5.91 Å². The molecule has 5 rings (SSSR count). The van der Waals surface area contributed by atoms with Crippen LogP contribution >= 0.6 is 0 Å². The number of amides is 2. The summed E-state index contributed by atoms with van der Waals surface area (Å²) in [5.41, 5.74) is 1.16. The van der Waals surface area contributed by atoms with E-state index in [1.54, 1.807) is 0 Å². The molecule has 2 atom stereocenters. The molecule has 0 aromatic heterocycles. The van der Waals surface area contributed by atoms with Crippen molar-refractivity contribution in [1.29, 1.82) is 0 Å². The Morgan fingerprint density at radius 3 is 2.48 bits per heavy atom. The molecule has 0 spiro atoms. The van der Waals surface area contributed by atoms with Gasteiger partial charge >= 0.3 is 6.18 Å². The van der Waals surface area contributed by atoms with E-state index < -0.39 is 29.6 Å². The maximum atomic E-state index is 13.2. The van der Waals surface area contributed by atoms with E-state index in [1.165, 1.54) is 12.1 Å². The van der Waals surface area contributed by atoms with Crippen molar-refractivity contribution in [3.8, 4) is 11.5 Å². The van der Waals surface area contributed by atoms with Crippen molar-refractivity contribution < 1.29 is 32.2 Å². The molecule has 2 aromatic carbocycles. The number of anilines is 1. The van der Waals surface area contributed by atoms with Gasteiger partial charge in [-0.2, -0.15) is 13.2 Å².